The van der Waals surface area contributed by atoms with Crippen LogP contribution in [0.15, 0.2) is 12.3 Å². The quantitative estimate of drug-likeness (QED) is 0.763. The molecule has 0 radical (unpaired) electrons. The van der Waals surface area contributed by atoms with Crippen LogP contribution in [0, 0.1) is 0 Å². The van der Waals surface area contributed by atoms with E-state index in [0.717, 1.165) is 12.8 Å². The van der Waals surface area contributed by atoms with Gasteiger partial charge in [-0.15, -0.1) is 0 Å². The van der Waals surface area contributed by atoms with Crippen LogP contribution in [0.3, 0.4) is 0 Å². The van der Waals surface area contributed by atoms with Gasteiger partial charge in [-0.25, -0.2) is 4.79 Å². The lowest BCUT2D eigenvalue weighted by Crippen LogP contribution is -2.08. The van der Waals surface area contributed by atoms with Gasteiger partial charge in [-0.05, 0) is 18.9 Å². The van der Waals surface area contributed by atoms with E-state index in [1.54, 1.807) is 0 Å². The number of pyridine rings is 1. The number of rotatable bonds is 4. The third kappa shape index (κ3) is 2.24. The van der Waals surface area contributed by atoms with Crippen molar-refractivity contribution in [2.24, 2.45) is 5.73 Å². The van der Waals surface area contributed by atoms with Gasteiger partial charge in [0.25, 0.3) is 0 Å². The first-order valence-electron chi connectivity index (χ1n) is 4.79. The van der Waals surface area contributed by atoms with Gasteiger partial charge >= 0.3 is 5.97 Å². The molecule has 1 heterocycles. The van der Waals surface area contributed by atoms with Crippen molar-refractivity contribution in [3.8, 4) is 5.75 Å². The number of nitrogens with zero attached hydrogens (tertiary/aromatic N) is 1. The van der Waals surface area contributed by atoms with Crippen LogP contribution in [0.4, 0.5) is 0 Å². The highest BCUT2D eigenvalue weighted by Gasteiger charge is 2.26. The Hall–Kier alpha value is -1.62. The minimum atomic E-state index is -1.01. The maximum absolute atomic E-state index is 10.9. The van der Waals surface area contributed by atoms with E-state index < -0.39 is 5.97 Å². The fourth-order valence-corrected chi connectivity index (χ4v) is 1.22. The molecule has 1 saturated carbocycles. The molecule has 0 saturated heterocycles. The SMILES string of the molecule is NCc1cc(C(=O)O)c(OC2CC2)cn1. The summed E-state index contributed by atoms with van der Waals surface area (Å²) in [7, 11) is 0. The van der Waals surface area contributed by atoms with Crippen molar-refractivity contribution < 1.29 is 14.6 Å². The van der Waals surface area contributed by atoms with Crippen molar-refractivity contribution >= 4 is 5.97 Å². The van der Waals surface area contributed by atoms with Gasteiger partial charge in [-0.3, -0.25) is 4.98 Å². The summed E-state index contributed by atoms with van der Waals surface area (Å²) >= 11 is 0. The summed E-state index contributed by atoms with van der Waals surface area (Å²) in [5.74, 6) is -0.676. The van der Waals surface area contributed by atoms with Gasteiger partial charge in [0, 0.05) is 6.54 Å². The molecule has 3 N–H and O–H groups in total. The Kier molecular flexibility index (Phi) is 2.55. The molecule has 0 aliphatic heterocycles. The van der Waals surface area contributed by atoms with Gasteiger partial charge in [0.2, 0.25) is 0 Å². The summed E-state index contributed by atoms with van der Waals surface area (Å²) in [6, 6.07) is 1.46. The summed E-state index contributed by atoms with van der Waals surface area (Å²) in [5, 5.41) is 8.97. The fourth-order valence-electron chi connectivity index (χ4n) is 1.22. The van der Waals surface area contributed by atoms with Crippen LogP contribution in [0.5, 0.6) is 5.75 Å². The topological polar surface area (TPSA) is 85.4 Å². The van der Waals surface area contributed by atoms with Crippen molar-refractivity contribution in [1.29, 1.82) is 0 Å². The summed E-state index contributed by atoms with van der Waals surface area (Å²) in [6.45, 7) is 0.226. The number of hydrogen-bond donors (Lipinski definition) is 2. The standard InChI is InChI=1S/C10H12N2O3/c11-4-6-3-8(10(13)14)9(5-12-6)15-7-1-2-7/h3,5,7H,1-2,4,11H2,(H,13,14). The Morgan fingerprint density at radius 2 is 2.40 bits per heavy atom. The molecule has 1 fully saturated rings. The predicted octanol–water partition coefficient (Wildman–Crippen LogP) is 0.780. The van der Waals surface area contributed by atoms with E-state index in [1.165, 1.54) is 12.3 Å². The molecule has 80 valence electrons. The van der Waals surface area contributed by atoms with Gasteiger partial charge in [-0.2, -0.15) is 0 Å². The predicted molar refractivity (Wildman–Crippen MR) is 52.7 cm³/mol. The minimum Gasteiger partial charge on any atom is -0.488 e. The number of nitrogens with two attached hydrogens (primary N) is 1. The van der Waals surface area contributed by atoms with Crippen molar-refractivity contribution in [2.45, 2.75) is 25.5 Å². The maximum Gasteiger partial charge on any atom is 0.339 e. The third-order valence-corrected chi connectivity index (χ3v) is 2.18. The van der Waals surface area contributed by atoms with Crippen LogP contribution in [-0.4, -0.2) is 22.2 Å². The summed E-state index contributed by atoms with van der Waals surface area (Å²) in [5.41, 5.74) is 6.07. The molecular formula is C10H12N2O3. The molecule has 0 amide bonds. The number of aromatic nitrogens is 1. The molecule has 0 atom stereocenters. The van der Waals surface area contributed by atoms with E-state index in [9.17, 15) is 4.79 Å². The number of carboxylic acids is 1. The molecule has 0 aromatic carbocycles. The number of carbonyl (C=O) groups is 1. The average Bonchev–Trinajstić information content (AvgIpc) is 3.02. The van der Waals surface area contributed by atoms with Gasteiger partial charge in [0.05, 0.1) is 18.0 Å². The van der Waals surface area contributed by atoms with Crippen molar-refractivity contribution in [1.82, 2.24) is 4.98 Å². The molecular weight excluding hydrogens is 196 g/mol. The lowest BCUT2D eigenvalue weighted by atomic mass is 10.2. The van der Waals surface area contributed by atoms with Crippen LogP contribution in [0.2, 0.25) is 0 Å². The highest BCUT2D eigenvalue weighted by atomic mass is 16.5. The van der Waals surface area contributed by atoms with Gasteiger partial charge in [0.15, 0.2) is 5.75 Å². The molecule has 0 spiro atoms. The van der Waals surface area contributed by atoms with E-state index in [-0.39, 0.29) is 18.2 Å². The number of ether oxygens (including phenoxy) is 1. The highest BCUT2D eigenvalue weighted by Crippen LogP contribution is 2.28. The Morgan fingerprint density at radius 1 is 1.67 bits per heavy atom. The lowest BCUT2D eigenvalue weighted by molar-refractivity contribution is 0.0691. The van der Waals surface area contributed by atoms with Gasteiger partial charge < -0.3 is 15.6 Å². The Morgan fingerprint density at radius 3 is 2.93 bits per heavy atom. The third-order valence-electron chi connectivity index (χ3n) is 2.18. The zero-order chi connectivity index (χ0) is 10.8. The molecule has 1 aromatic rings. The van der Waals surface area contributed by atoms with Crippen molar-refractivity contribution in [3.63, 3.8) is 0 Å². The lowest BCUT2D eigenvalue weighted by Gasteiger charge is -2.08. The second-order valence-corrected chi connectivity index (χ2v) is 3.50. The molecule has 15 heavy (non-hydrogen) atoms. The second kappa shape index (κ2) is 3.86. The van der Waals surface area contributed by atoms with Crippen LogP contribution in [0.1, 0.15) is 28.9 Å². The van der Waals surface area contributed by atoms with E-state index in [4.69, 9.17) is 15.6 Å². The number of aromatic carboxylic acids is 1. The Bertz CT molecular complexity index is 388. The molecule has 1 aliphatic rings. The molecule has 0 bridgehead atoms. The largest absolute Gasteiger partial charge is 0.488 e. The summed E-state index contributed by atoms with van der Waals surface area (Å²) in [4.78, 5) is 15.0. The van der Waals surface area contributed by atoms with Crippen molar-refractivity contribution in [3.05, 3.63) is 23.5 Å². The molecule has 5 heteroatoms. The average molecular weight is 208 g/mol. The molecule has 0 unspecified atom stereocenters. The first-order chi connectivity index (χ1) is 7.20. The zero-order valence-corrected chi connectivity index (χ0v) is 8.14. The monoisotopic (exact) mass is 208 g/mol. The number of hydrogen-bond acceptors (Lipinski definition) is 4. The summed E-state index contributed by atoms with van der Waals surface area (Å²) in [6.07, 6.45) is 3.56. The van der Waals surface area contributed by atoms with Gasteiger partial charge in [0.1, 0.15) is 5.56 Å². The van der Waals surface area contributed by atoms with E-state index in [0.29, 0.717) is 11.4 Å². The normalized spacial score (nSPS) is 15.0. The van der Waals surface area contributed by atoms with Crippen LogP contribution in [0.25, 0.3) is 0 Å². The first kappa shape index (κ1) is 9.92. The van der Waals surface area contributed by atoms with E-state index in [1.807, 2.05) is 0 Å². The molecule has 2 rings (SSSR count). The van der Waals surface area contributed by atoms with E-state index >= 15 is 0 Å². The molecule has 1 aliphatic carbocycles. The van der Waals surface area contributed by atoms with Crippen LogP contribution < -0.4 is 10.5 Å². The highest BCUT2D eigenvalue weighted by molar-refractivity contribution is 5.90. The number of carboxylic acid groups (broad SMARTS) is 1. The second-order valence-electron chi connectivity index (χ2n) is 3.50. The van der Waals surface area contributed by atoms with Crippen LogP contribution in [-0.2, 0) is 6.54 Å². The van der Waals surface area contributed by atoms with Crippen LogP contribution >= 0.6 is 0 Å². The molecule has 5 nitrogen and oxygen atoms in total. The zero-order valence-electron chi connectivity index (χ0n) is 8.14. The Labute approximate surface area is 86.9 Å². The van der Waals surface area contributed by atoms with Gasteiger partial charge in [-0.1, -0.05) is 0 Å². The molecule has 1 aromatic heterocycles. The van der Waals surface area contributed by atoms with Crippen molar-refractivity contribution in [2.75, 3.05) is 0 Å². The smallest absolute Gasteiger partial charge is 0.339 e. The first-order valence-corrected chi connectivity index (χ1v) is 4.79. The Balaban J connectivity index is 2.29. The summed E-state index contributed by atoms with van der Waals surface area (Å²) < 4.78 is 5.43. The fraction of sp³-hybridized carbons (Fsp3) is 0.400. The maximum atomic E-state index is 10.9. The minimum absolute atomic E-state index is 0.136. The van der Waals surface area contributed by atoms with E-state index in [2.05, 4.69) is 4.98 Å².